The normalized spacial score (nSPS) is 16.6. The smallest absolute Gasteiger partial charge is 0.157 e. The Bertz CT molecular complexity index is 1010. The fourth-order valence-electron chi connectivity index (χ4n) is 3.46. The predicted molar refractivity (Wildman–Crippen MR) is 110 cm³/mol. The zero-order valence-corrected chi connectivity index (χ0v) is 16.1. The molecule has 0 radical (unpaired) electrons. The molecule has 0 saturated carbocycles. The second-order valence-corrected chi connectivity index (χ2v) is 8.88. The zero-order chi connectivity index (χ0) is 18.3. The molecular weight excluding hydrogens is 340 g/mol. The monoisotopic (exact) mass is 362 g/mol. The molecule has 1 N–H and O–H groups in total. The number of ketones is 1. The van der Waals surface area contributed by atoms with Crippen molar-refractivity contribution in [3.8, 4) is 10.6 Å². The lowest BCUT2D eigenvalue weighted by Crippen LogP contribution is -2.24. The van der Waals surface area contributed by atoms with E-state index < -0.39 is 0 Å². The Kier molecular flexibility index (Phi) is 4.16. The molecule has 0 fully saturated rings. The van der Waals surface area contributed by atoms with Crippen LogP contribution in [0.15, 0.2) is 54.2 Å². The predicted octanol–water partition coefficient (Wildman–Crippen LogP) is 5.96. The van der Waals surface area contributed by atoms with Gasteiger partial charge >= 0.3 is 0 Å². The van der Waals surface area contributed by atoms with Crippen molar-refractivity contribution in [3.63, 3.8) is 0 Å². The fourth-order valence-corrected chi connectivity index (χ4v) is 4.53. The van der Waals surface area contributed by atoms with Gasteiger partial charge in [0.1, 0.15) is 5.01 Å². The van der Waals surface area contributed by atoms with Crippen LogP contribution in [0.5, 0.6) is 0 Å². The maximum Gasteiger partial charge on any atom is 0.157 e. The van der Waals surface area contributed by atoms with Gasteiger partial charge < -0.3 is 5.32 Å². The maximum atomic E-state index is 11.9. The molecule has 1 aromatic heterocycles. The summed E-state index contributed by atoms with van der Waals surface area (Å²) in [5.41, 5.74) is 5.43. The second-order valence-electron chi connectivity index (χ2n) is 7.85. The number of carbonyl (C=O) groups excluding carboxylic acids is 1. The average molecular weight is 362 g/mol. The van der Waals surface area contributed by atoms with E-state index in [1.54, 1.807) is 17.4 Å². The van der Waals surface area contributed by atoms with E-state index >= 15 is 0 Å². The van der Waals surface area contributed by atoms with Gasteiger partial charge in [0.15, 0.2) is 5.78 Å². The minimum absolute atomic E-state index is 0.0211. The number of nitrogens with zero attached hydrogens (tertiary/aromatic N) is 1. The van der Waals surface area contributed by atoms with Gasteiger partial charge in [-0.2, -0.15) is 0 Å². The highest BCUT2D eigenvalue weighted by Gasteiger charge is 2.27. The molecule has 26 heavy (non-hydrogen) atoms. The molecule has 1 aliphatic rings. The van der Waals surface area contributed by atoms with Gasteiger partial charge in [-0.3, -0.25) is 4.79 Å². The first-order chi connectivity index (χ1) is 12.4. The van der Waals surface area contributed by atoms with Crippen molar-refractivity contribution in [2.24, 2.45) is 5.41 Å². The number of aryl methyl sites for hydroxylation is 1. The van der Waals surface area contributed by atoms with Crippen molar-refractivity contribution in [1.29, 1.82) is 0 Å². The molecular formula is C22H22N2OS. The van der Waals surface area contributed by atoms with Crippen LogP contribution in [0.4, 0.5) is 5.69 Å². The molecule has 132 valence electrons. The number of allylic oxidation sites excluding steroid dienone is 2. The van der Waals surface area contributed by atoms with Crippen LogP contribution in [0, 0.1) is 12.3 Å². The number of rotatable bonds is 3. The van der Waals surface area contributed by atoms with Crippen LogP contribution in [-0.2, 0) is 4.79 Å². The summed E-state index contributed by atoms with van der Waals surface area (Å²) in [5, 5.41) is 4.44. The molecule has 1 heterocycles. The van der Waals surface area contributed by atoms with Crippen molar-refractivity contribution >= 4 is 33.0 Å². The first-order valence-electron chi connectivity index (χ1n) is 8.86. The van der Waals surface area contributed by atoms with E-state index in [1.807, 2.05) is 0 Å². The Hall–Kier alpha value is -2.46. The SMILES string of the molecule is Cc1ccc2nc(-c3ccc(NC4=CC(=O)CC(C)(C)C4)cc3)sc2c1. The summed E-state index contributed by atoms with van der Waals surface area (Å²) in [4.78, 5) is 16.6. The summed E-state index contributed by atoms with van der Waals surface area (Å²) >= 11 is 1.72. The van der Waals surface area contributed by atoms with Gasteiger partial charge in [0.25, 0.3) is 0 Å². The molecule has 0 aliphatic heterocycles. The summed E-state index contributed by atoms with van der Waals surface area (Å²) in [6.07, 6.45) is 3.25. The lowest BCUT2D eigenvalue weighted by molar-refractivity contribution is -0.117. The van der Waals surface area contributed by atoms with Crippen LogP contribution < -0.4 is 5.32 Å². The summed E-state index contributed by atoms with van der Waals surface area (Å²) in [5.74, 6) is 0.199. The first kappa shape index (κ1) is 17.0. The summed E-state index contributed by atoms with van der Waals surface area (Å²) in [6, 6.07) is 14.6. The molecule has 0 saturated heterocycles. The van der Waals surface area contributed by atoms with E-state index in [9.17, 15) is 4.79 Å². The van der Waals surface area contributed by atoms with E-state index in [0.717, 1.165) is 33.9 Å². The van der Waals surface area contributed by atoms with E-state index in [2.05, 4.69) is 68.6 Å². The standard InChI is InChI=1S/C22H22N2OS/c1-14-4-9-19-20(10-14)26-21(24-19)15-5-7-16(8-6-15)23-17-11-18(25)13-22(2,3)12-17/h4-11,23H,12-13H2,1-3H3. The van der Waals surface area contributed by atoms with E-state index in [4.69, 9.17) is 4.98 Å². The van der Waals surface area contributed by atoms with Crippen LogP contribution in [0.2, 0.25) is 0 Å². The number of thiazole rings is 1. The van der Waals surface area contributed by atoms with Crippen LogP contribution in [0.3, 0.4) is 0 Å². The summed E-state index contributed by atoms with van der Waals surface area (Å²) in [7, 11) is 0. The van der Waals surface area contributed by atoms with Gasteiger partial charge in [-0.05, 0) is 60.7 Å². The summed E-state index contributed by atoms with van der Waals surface area (Å²) < 4.78 is 1.22. The lowest BCUT2D eigenvalue weighted by atomic mass is 9.79. The third kappa shape index (κ3) is 3.56. The van der Waals surface area contributed by atoms with Crippen molar-refractivity contribution in [3.05, 3.63) is 59.8 Å². The van der Waals surface area contributed by atoms with Crippen LogP contribution >= 0.6 is 11.3 Å². The minimum atomic E-state index is 0.0211. The van der Waals surface area contributed by atoms with Crippen molar-refractivity contribution in [2.45, 2.75) is 33.6 Å². The van der Waals surface area contributed by atoms with Gasteiger partial charge in [-0.15, -0.1) is 11.3 Å². The van der Waals surface area contributed by atoms with Gasteiger partial charge in [-0.1, -0.05) is 19.9 Å². The van der Waals surface area contributed by atoms with Gasteiger partial charge in [0, 0.05) is 29.4 Å². The van der Waals surface area contributed by atoms with Crippen molar-refractivity contribution in [1.82, 2.24) is 4.98 Å². The van der Waals surface area contributed by atoms with E-state index in [0.29, 0.717) is 6.42 Å². The number of hydrogen-bond acceptors (Lipinski definition) is 4. The van der Waals surface area contributed by atoms with Crippen LogP contribution in [-0.4, -0.2) is 10.8 Å². The Morgan fingerprint density at radius 2 is 1.85 bits per heavy atom. The highest BCUT2D eigenvalue weighted by molar-refractivity contribution is 7.21. The number of fused-ring (bicyclic) bond motifs is 1. The number of anilines is 1. The molecule has 0 amide bonds. The third-order valence-corrected chi connectivity index (χ3v) is 5.70. The molecule has 3 aromatic rings. The number of hydrogen-bond donors (Lipinski definition) is 1. The van der Waals surface area contributed by atoms with Crippen molar-refractivity contribution < 1.29 is 4.79 Å². The number of nitrogens with one attached hydrogen (secondary N) is 1. The molecule has 1 aliphatic carbocycles. The maximum absolute atomic E-state index is 11.9. The molecule has 4 heteroatoms. The Morgan fingerprint density at radius 1 is 1.08 bits per heavy atom. The number of carbonyl (C=O) groups is 1. The van der Waals surface area contributed by atoms with Crippen molar-refractivity contribution in [2.75, 3.05) is 5.32 Å². The molecule has 0 unspecified atom stereocenters. The number of aromatic nitrogens is 1. The minimum Gasteiger partial charge on any atom is -0.359 e. The van der Waals surface area contributed by atoms with E-state index in [-0.39, 0.29) is 11.2 Å². The van der Waals surface area contributed by atoms with Crippen LogP contribution in [0.25, 0.3) is 20.8 Å². The van der Waals surface area contributed by atoms with E-state index in [1.165, 1.54) is 10.3 Å². The largest absolute Gasteiger partial charge is 0.359 e. The molecule has 0 spiro atoms. The molecule has 4 rings (SSSR count). The second kappa shape index (κ2) is 6.36. The van der Waals surface area contributed by atoms with Gasteiger partial charge in [0.05, 0.1) is 10.2 Å². The fraction of sp³-hybridized carbons (Fsp3) is 0.273. The summed E-state index contributed by atoms with van der Waals surface area (Å²) in [6.45, 7) is 6.38. The zero-order valence-electron chi connectivity index (χ0n) is 15.3. The Morgan fingerprint density at radius 3 is 2.58 bits per heavy atom. The van der Waals surface area contributed by atoms with Gasteiger partial charge in [0.2, 0.25) is 0 Å². The highest BCUT2D eigenvalue weighted by atomic mass is 32.1. The lowest BCUT2D eigenvalue weighted by Gasteiger charge is -2.29. The van der Waals surface area contributed by atoms with Gasteiger partial charge in [-0.25, -0.2) is 4.98 Å². The molecule has 3 nitrogen and oxygen atoms in total. The van der Waals surface area contributed by atoms with Crippen LogP contribution in [0.1, 0.15) is 32.3 Å². The quantitative estimate of drug-likeness (QED) is 0.625. The third-order valence-electron chi connectivity index (χ3n) is 4.64. The Labute approximate surface area is 157 Å². The first-order valence-corrected chi connectivity index (χ1v) is 9.68. The molecule has 0 bridgehead atoms. The molecule has 0 atom stereocenters. The topological polar surface area (TPSA) is 42.0 Å². The Balaban J connectivity index is 1.55. The molecule has 2 aromatic carbocycles. The number of benzene rings is 2. The highest BCUT2D eigenvalue weighted by Crippen LogP contribution is 2.35. The average Bonchev–Trinajstić information content (AvgIpc) is 2.96.